The van der Waals surface area contributed by atoms with Gasteiger partial charge in [0, 0.05) is 12.1 Å². The Morgan fingerprint density at radius 2 is 1.93 bits per heavy atom. The maximum absolute atomic E-state index is 11.4. The monoisotopic (exact) mass is 214 g/mol. The molecule has 3 N–H and O–H groups in total. The highest BCUT2D eigenvalue weighted by Crippen LogP contribution is 2.37. The average Bonchev–Trinajstić information content (AvgIpc) is 2.79. The van der Waals surface area contributed by atoms with E-state index in [9.17, 15) is 4.79 Å². The van der Waals surface area contributed by atoms with E-state index in [4.69, 9.17) is 10.5 Å². The fourth-order valence-corrected chi connectivity index (χ4v) is 1.46. The summed E-state index contributed by atoms with van der Waals surface area (Å²) in [4.78, 5) is 11.4. The van der Waals surface area contributed by atoms with Gasteiger partial charge in [0.25, 0.3) is 0 Å². The highest BCUT2D eigenvalue weighted by molar-refractivity contribution is 5.67. The van der Waals surface area contributed by atoms with Crippen molar-refractivity contribution in [1.82, 2.24) is 5.32 Å². The second kappa shape index (κ2) is 4.00. The third-order valence-electron chi connectivity index (χ3n) is 2.52. The minimum absolute atomic E-state index is 0.295. The zero-order valence-corrected chi connectivity index (χ0v) is 10.1. The summed E-state index contributed by atoms with van der Waals surface area (Å²) < 4.78 is 5.13. The van der Waals surface area contributed by atoms with Crippen LogP contribution in [0.3, 0.4) is 0 Å². The van der Waals surface area contributed by atoms with E-state index in [0.29, 0.717) is 12.5 Å². The molecule has 0 aliphatic heterocycles. The van der Waals surface area contributed by atoms with Crippen LogP contribution >= 0.6 is 0 Å². The number of carbonyl (C=O) groups is 1. The highest BCUT2D eigenvalue weighted by atomic mass is 16.6. The molecule has 0 heterocycles. The molecule has 1 saturated carbocycles. The number of amides is 1. The van der Waals surface area contributed by atoms with Crippen LogP contribution < -0.4 is 11.1 Å². The number of nitrogens with one attached hydrogen (secondary N) is 1. The zero-order valence-electron chi connectivity index (χ0n) is 10.1. The number of carbonyl (C=O) groups excluding carboxylic acids is 1. The summed E-state index contributed by atoms with van der Waals surface area (Å²) in [6.07, 6.45) is 1.95. The number of hydrogen-bond donors (Lipinski definition) is 2. The Bertz CT molecular complexity index is 239. The second-order valence-corrected chi connectivity index (χ2v) is 5.64. The largest absolute Gasteiger partial charge is 0.444 e. The lowest BCUT2D eigenvalue weighted by atomic mass is 9.98. The van der Waals surface area contributed by atoms with Crippen molar-refractivity contribution < 1.29 is 9.53 Å². The molecule has 0 unspecified atom stereocenters. The minimum Gasteiger partial charge on any atom is -0.444 e. The maximum Gasteiger partial charge on any atom is 0.407 e. The van der Waals surface area contributed by atoms with Crippen LogP contribution in [0, 0.1) is 5.92 Å². The predicted molar refractivity (Wildman–Crippen MR) is 59.6 cm³/mol. The molecule has 0 aromatic heterocycles. The molecule has 1 aliphatic rings. The SMILES string of the molecule is CC(C)(C)OC(=O)NC[C@](C)(N)C1CC1. The topological polar surface area (TPSA) is 64.3 Å². The molecular formula is C11H22N2O2. The highest BCUT2D eigenvalue weighted by Gasteiger charge is 2.38. The van der Waals surface area contributed by atoms with Crippen LogP contribution in [-0.4, -0.2) is 23.8 Å². The molecule has 4 nitrogen and oxygen atoms in total. The second-order valence-electron chi connectivity index (χ2n) is 5.64. The van der Waals surface area contributed by atoms with Crippen LogP contribution in [-0.2, 0) is 4.74 Å². The van der Waals surface area contributed by atoms with Gasteiger partial charge >= 0.3 is 6.09 Å². The lowest BCUT2D eigenvalue weighted by Crippen LogP contribution is -2.50. The molecule has 0 saturated heterocycles. The molecule has 15 heavy (non-hydrogen) atoms. The Labute approximate surface area is 91.5 Å². The van der Waals surface area contributed by atoms with E-state index in [1.165, 1.54) is 12.8 Å². The van der Waals surface area contributed by atoms with E-state index >= 15 is 0 Å². The third-order valence-corrected chi connectivity index (χ3v) is 2.52. The van der Waals surface area contributed by atoms with Crippen molar-refractivity contribution in [2.75, 3.05) is 6.54 Å². The van der Waals surface area contributed by atoms with Gasteiger partial charge in [0.2, 0.25) is 0 Å². The summed E-state index contributed by atoms with van der Waals surface area (Å²) in [6, 6.07) is 0. The molecule has 1 atom stereocenters. The number of rotatable bonds is 3. The van der Waals surface area contributed by atoms with Gasteiger partial charge in [-0.25, -0.2) is 4.79 Å². The van der Waals surface area contributed by atoms with Crippen LogP contribution in [0.2, 0.25) is 0 Å². The molecule has 1 rings (SSSR count). The lowest BCUT2D eigenvalue weighted by Gasteiger charge is -2.26. The van der Waals surface area contributed by atoms with Crippen molar-refractivity contribution in [3.8, 4) is 0 Å². The zero-order chi connectivity index (χ0) is 11.7. The molecule has 0 aromatic carbocycles. The number of alkyl carbamates (subject to hydrolysis) is 1. The first-order valence-electron chi connectivity index (χ1n) is 5.46. The molecule has 0 bridgehead atoms. The summed E-state index contributed by atoms with van der Waals surface area (Å²) in [7, 11) is 0. The Kier molecular flexibility index (Phi) is 3.28. The van der Waals surface area contributed by atoms with Gasteiger partial charge in [-0.05, 0) is 46.5 Å². The van der Waals surface area contributed by atoms with Gasteiger partial charge in [0.05, 0.1) is 0 Å². The summed E-state index contributed by atoms with van der Waals surface area (Å²) in [5.41, 5.74) is 5.32. The van der Waals surface area contributed by atoms with Crippen LogP contribution in [0.25, 0.3) is 0 Å². The van der Waals surface area contributed by atoms with Crippen LogP contribution in [0.15, 0.2) is 0 Å². The van der Waals surface area contributed by atoms with Crippen molar-refractivity contribution in [3.63, 3.8) is 0 Å². The summed E-state index contributed by atoms with van der Waals surface area (Å²) in [6.45, 7) is 7.98. The minimum atomic E-state index is -0.450. The molecule has 1 amide bonds. The number of ether oxygens (including phenoxy) is 1. The first-order valence-corrected chi connectivity index (χ1v) is 5.46. The fourth-order valence-electron chi connectivity index (χ4n) is 1.46. The molecule has 0 radical (unpaired) electrons. The van der Waals surface area contributed by atoms with E-state index in [1.54, 1.807) is 0 Å². The summed E-state index contributed by atoms with van der Waals surface area (Å²) >= 11 is 0. The summed E-state index contributed by atoms with van der Waals surface area (Å²) in [5.74, 6) is 0.549. The van der Waals surface area contributed by atoms with Gasteiger partial charge in [0.1, 0.15) is 5.60 Å². The first-order chi connectivity index (χ1) is 6.71. The van der Waals surface area contributed by atoms with E-state index < -0.39 is 5.60 Å². The molecule has 4 heteroatoms. The molecule has 0 spiro atoms. The molecule has 1 fully saturated rings. The first kappa shape index (κ1) is 12.3. The van der Waals surface area contributed by atoms with Gasteiger partial charge < -0.3 is 15.8 Å². The number of hydrogen-bond acceptors (Lipinski definition) is 3. The molecule has 88 valence electrons. The van der Waals surface area contributed by atoms with Gasteiger partial charge in [-0.3, -0.25) is 0 Å². The third kappa shape index (κ3) is 4.51. The Morgan fingerprint density at radius 3 is 2.33 bits per heavy atom. The smallest absolute Gasteiger partial charge is 0.407 e. The normalized spacial score (nSPS) is 20.6. The van der Waals surface area contributed by atoms with Crippen molar-refractivity contribution in [1.29, 1.82) is 0 Å². The quantitative estimate of drug-likeness (QED) is 0.750. The number of nitrogens with two attached hydrogens (primary N) is 1. The molecule has 0 aromatic rings. The molecule has 1 aliphatic carbocycles. The van der Waals surface area contributed by atoms with Crippen molar-refractivity contribution in [2.45, 2.75) is 51.7 Å². The van der Waals surface area contributed by atoms with Crippen LogP contribution in [0.5, 0.6) is 0 Å². The van der Waals surface area contributed by atoms with E-state index in [2.05, 4.69) is 5.32 Å². The summed E-state index contributed by atoms with van der Waals surface area (Å²) in [5, 5.41) is 2.71. The van der Waals surface area contributed by atoms with Crippen molar-refractivity contribution >= 4 is 6.09 Å². The van der Waals surface area contributed by atoms with Crippen LogP contribution in [0.1, 0.15) is 40.5 Å². The van der Waals surface area contributed by atoms with Gasteiger partial charge in [-0.1, -0.05) is 0 Å². The Hall–Kier alpha value is -0.770. The van der Waals surface area contributed by atoms with Gasteiger partial charge in [-0.15, -0.1) is 0 Å². The predicted octanol–water partition coefficient (Wildman–Crippen LogP) is 1.64. The fraction of sp³-hybridized carbons (Fsp3) is 0.909. The van der Waals surface area contributed by atoms with E-state index in [-0.39, 0.29) is 11.6 Å². The Morgan fingerprint density at radius 1 is 1.40 bits per heavy atom. The average molecular weight is 214 g/mol. The van der Waals surface area contributed by atoms with Crippen molar-refractivity contribution in [3.05, 3.63) is 0 Å². The van der Waals surface area contributed by atoms with Gasteiger partial charge in [0.15, 0.2) is 0 Å². The Balaban J connectivity index is 2.27. The van der Waals surface area contributed by atoms with E-state index in [1.807, 2.05) is 27.7 Å². The lowest BCUT2D eigenvalue weighted by molar-refractivity contribution is 0.0514. The van der Waals surface area contributed by atoms with Crippen LogP contribution in [0.4, 0.5) is 4.79 Å². The van der Waals surface area contributed by atoms with E-state index in [0.717, 1.165) is 0 Å². The van der Waals surface area contributed by atoms with Crippen molar-refractivity contribution in [2.24, 2.45) is 11.7 Å². The molecular weight excluding hydrogens is 192 g/mol. The van der Waals surface area contributed by atoms with Gasteiger partial charge in [-0.2, -0.15) is 0 Å². The maximum atomic E-state index is 11.4. The standard InChI is InChI=1S/C11H22N2O2/c1-10(2,3)15-9(14)13-7-11(4,12)8-5-6-8/h8H,5-7,12H2,1-4H3,(H,13,14)/t11-/m0/s1.